The van der Waals surface area contributed by atoms with Crippen LogP contribution in [0.4, 0.5) is 0 Å². The van der Waals surface area contributed by atoms with Crippen LogP contribution in [0.15, 0.2) is 30.6 Å². The van der Waals surface area contributed by atoms with Gasteiger partial charge in [0.1, 0.15) is 0 Å². The van der Waals surface area contributed by atoms with Gasteiger partial charge < -0.3 is 9.90 Å². The number of hydrogen-bond donors (Lipinski definition) is 0. The Morgan fingerprint density at radius 1 is 1.44 bits per heavy atom. The first kappa shape index (κ1) is 13.5. The van der Waals surface area contributed by atoms with E-state index in [0.29, 0.717) is 5.82 Å². The summed E-state index contributed by atoms with van der Waals surface area (Å²) in [5.41, 5.74) is 0.885. The third-order valence-electron chi connectivity index (χ3n) is 1.89. The molecule has 16 heavy (non-hydrogen) atoms. The van der Waals surface area contributed by atoms with E-state index in [1.165, 1.54) is 10.7 Å². The van der Waals surface area contributed by atoms with Crippen molar-refractivity contribution in [3.8, 4) is 5.82 Å². The molecule has 0 saturated carbocycles. The van der Waals surface area contributed by atoms with Crippen molar-refractivity contribution in [2.75, 3.05) is 0 Å². The Hall–Kier alpha value is -0.534. The number of hydrogen-bond acceptors (Lipinski definition) is 4. The molecule has 0 fully saturated rings. The normalized spacial score (nSPS) is 9.56. The van der Waals surface area contributed by atoms with Crippen molar-refractivity contribution >= 4 is 5.97 Å². The fourth-order valence-corrected chi connectivity index (χ4v) is 1.20. The van der Waals surface area contributed by atoms with Crippen molar-refractivity contribution < 1.29 is 61.3 Å². The second-order valence-electron chi connectivity index (χ2n) is 3.13. The molecule has 0 amide bonds. The Balaban J connectivity index is 0.00000128. The predicted octanol–water partition coefficient (Wildman–Crippen LogP) is -3.06. The molecule has 0 saturated heterocycles. The fraction of sp³-hybridized carbons (Fsp3) is 0.100. The van der Waals surface area contributed by atoms with Crippen LogP contribution in [0.2, 0.25) is 0 Å². The topological polar surface area (TPSA) is 70.8 Å². The van der Waals surface area contributed by atoms with Gasteiger partial charge in [-0.3, -0.25) is 0 Å². The minimum atomic E-state index is -1.29. The summed E-state index contributed by atoms with van der Waals surface area (Å²) in [5.74, 6) is -0.828. The molecule has 0 atom stereocenters. The first-order chi connectivity index (χ1) is 7.16. The molecule has 0 radical (unpaired) electrons. The van der Waals surface area contributed by atoms with Gasteiger partial charge in [-0.1, -0.05) is 6.07 Å². The first-order valence-corrected chi connectivity index (χ1v) is 4.37. The van der Waals surface area contributed by atoms with Gasteiger partial charge in [0.05, 0.1) is 17.9 Å². The summed E-state index contributed by atoms with van der Waals surface area (Å²) in [4.78, 5) is 14.5. The van der Waals surface area contributed by atoms with E-state index in [4.69, 9.17) is 0 Å². The first-order valence-electron chi connectivity index (χ1n) is 4.37. The number of carboxylic acids is 1. The number of nitrogens with zero attached hydrogens (tertiary/aromatic N) is 3. The van der Waals surface area contributed by atoms with E-state index in [1.54, 1.807) is 24.5 Å². The third kappa shape index (κ3) is 2.99. The van der Waals surface area contributed by atoms with Gasteiger partial charge in [-0.15, -0.1) is 0 Å². The molecular formula is C10H8KN3O2. The third-order valence-corrected chi connectivity index (χ3v) is 1.89. The Morgan fingerprint density at radius 2 is 2.19 bits per heavy atom. The molecule has 2 aromatic rings. The molecule has 2 heterocycles. The summed E-state index contributed by atoms with van der Waals surface area (Å²) >= 11 is 0. The van der Waals surface area contributed by atoms with Gasteiger partial charge in [0.2, 0.25) is 0 Å². The van der Waals surface area contributed by atoms with Crippen LogP contribution in [-0.2, 0) is 0 Å². The average Bonchev–Trinajstić information content (AvgIpc) is 2.65. The molecule has 76 valence electrons. The van der Waals surface area contributed by atoms with Crippen LogP contribution in [-0.4, -0.2) is 20.7 Å². The molecule has 0 unspecified atom stereocenters. The van der Waals surface area contributed by atoms with Crippen LogP contribution in [0, 0.1) is 6.92 Å². The van der Waals surface area contributed by atoms with Crippen molar-refractivity contribution in [2.45, 2.75) is 6.92 Å². The van der Waals surface area contributed by atoms with Gasteiger partial charge in [-0.25, -0.2) is 9.67 Å². The zero-order chi connectivity index (χ0) is 10.8. The molecular weight excluding hydrogens is 233 g/mol. The van der Waals surface area contributed by atoms with Crippen LogP contribution in [0.25, 0.3) is 5.82 Å². The second kappa shape index (κ2) is 5.69. The number of aromatic nitrogens is 3. The summed E-state index contributed by atoms with van der Waals surface area (Å²) < 4.78 is 1.52. The summed E-state index contributed by atoms with van der Waals surface area (Å²) in [5, 5.41) is 14.6. The van der Waals surface area contributed by atoms with Crippen LogP contribution in [0.3, 0.4) is 0 Å². The van der Waals surface area contributed by atoms with Crippen molar-refractivity contribution in [3.05, 3.63) is 41.9 Å². The van der Waals surface area contributed by atoms with E-state index in [0.717, 1.165) is 5.56 Å². The van der Waals surface area contributed by atoms with Gasteiger partial charge in [0.15, 0.2) is 5.82 Å². The molecule has 0 N–H and O–H groups in total. The predicted molar refractivity (Wildman–Crippen MR) is 50.4 cm³/mol. The molecule has 0 bridgehead atoms. The SMILES string of the molecule is Cc1cnn(-c2cccc(C(=O)[O-])n2)c1.[K+]. The fourth-order valence-electron chi connectivity index (χ4n) is 1.20. The standard InChI is InChI=1S/C10H9N3O2.K/c1-7-5-11-13(6-7)9-4-2-3-8(12-9)10(14)15;/h2-6H,1H3,(H,14,15);/q;+1/p-1. The van der Waals surface area contributed by atoms with Crippen LogP contribution in [0.5, 0.6) is 0 Å². The smallest absolute Gasteiger partial charge is 0.543 e. The largest absolute Gasteiger partial charge is 1.00 e. The van der Waals surface area contributed by atoms with E-state index in [-0.39, 0.29) is 57.1 Å². The van der Waals surface area contributed by atoms with Crippen LogP contribution < -0.4 is 56.5 Å². The maximum atomic E-state index is 10.6. The maximum Gasteiger partial charge on any atom is 1.00 e. The van der Waals surface area contributed by atoms with Gasteiger partial charge in [-0.2, -0.15) is 5.10 Å². The number of carbonyl (C=O) groups excluding carboxylic acids is 1. The summed E-state index contributed by atoms with van der Waals surface area (Å²) in [6.45, 7) is 1.89. The van der Waals surface area contributed by atoms with E-state index in [9.17, 15) is 9.90 Å². The Labute approximate surface area is 135 Å². The molecule has 0 aromatic carbocycles. The number of pyridine rings is 1. The molecule has 6 heteroatoms. The summed E-state index contributed by atoms with van der Waals surface area (Å²) in [6, 6.07) is 4.67. The minimum Gasteiger partial charge on any atom is -0.543 e. The van der Waals surface area contributed by atoms with Crippen molar-refractivity contribution in [1.29, 1.82) is 0 Å². The molecule has 0 spiro atoms. The van der Waals surface area contributed by atoms with Crippen LogP contribution >= 0.6 is 0 Å². The number of carboxylic acid groups (broad SMARTS) is 1. The number of carbonyl (C=O) groups is 1. The Bertz CT molecular complexity index is 510. The molecule has 0 aliphatic rings. The monoisotopic (exact) mass is 241 g/mol. The van der Waals surface area contributed by atoms with Gasteiger partial charge in [0.25, 0.3) is 0 Å². The zero-order valence-corrected chi connectivity index (χ0v) is 12.2. The zero-order valence-electron chi connectivity index (χ0n) is 9.04. The molecule has 2 aromatic heterocycles. The Morgan fingerprint density at radius 3 is 2.75 bits per heavy atom. The van der Waals surface area contributed by atoms with E-state index in [1.807, 2.05) is 6.92 Å². The summed E-state index contributed by atoms with van der Waals surface area (Å²) in [6.07, 6.45) is 3.44. The average molecular weight is 241 g/mol. The summed E-state index contributed by atoms with van der Waals surface area (Å²) in [7, 11) is 0. The molecule has 0 aliphatic carbocycles. The number of aromatic carboxylic acids is 1. The van der Waals surface area contributed by atoms with E-state index < -0.39 is 5.97 Å². The van der Waals surface area contributed by atoms with Crippen molar-refractivity contribution in [2.24, 2.45) is 0 Å². The van der Waals surface area contributed by atoms with E-state index in [2.05, 4.69) is 10.1 Å². The number of aryl methyl sites for hydroxylation is 1. The molecule has 2 rings (SSSR count). The van der Waals surface area contributed by atoms with Crippen molar-refractivity contribution in [1.82, 2.24) is 14.8 Å². The maximum absolute atomic E-state index is 10.6. The number of rotatable bonds is 2. The second-order valence-corrected chi connectivity index (χ2v) is 3.13. The van der Waals surface area contributed by atoms with Gasteiger partial charge in [-0.05, 0) is 24.6 Å². The minimum absolute atomic E-state index is 0. The van der Waals surface area contributed by atoms with Gasteiger partial charge >= 0.3 is 51.4 Å². The molecule has 0 aliphatic heterocycles. The van der Waals surface area contributed by atoms with Crippen molar-refractivity contribution in [3.63, 3.8) is 0 Å². The van der Waals surface area contributed by atoms with Crippen LogP contribution in [0.1, 0.15) is 16.1 Å². The van der Waals surface area contributed by atoms with Gasteiger partial charge in [0, 0.05) is 6.20 Å². The Kier molecular flexibility index (Phi) is 4.81. The molecule has 5 nitrogen and oxygen atoms in total. The van der Waals surface area contributed by atoms with E-state index >= 15 is 0 Å². The quantitative estimate of drug-likeness (QED) is 0.524.